The zero-order chi connectivity index (χ0) is 27.1. The Balaban J connectivity index is 1.23. The molecular formula is C27H22ClN5O5S. The number of hydrogen-bond acceptors (Lipinski definition) is 10. The van der Waals surface area contributed by atoms with E-state index in [1.54, 1.807) is 31.5 Å². The van der Waals surface area contributed by atoms with Crippen molar-refractivity contribution >= 4 is 56.0 Å². The Morgan fingerprint density at radius 1 is 1.10 bits per heavy atom. The van der Waals surface area contributed by atoms with Crippen molar-refractivity contribution in [1.82, 2.24) is 19.9 Å². The number of halogens is 1. The molecule has 0 fully saturated rings. The quantitative estimate of drug-likeness (QED) is 0.272. The number of carbonyl (C=O) groups excluding carboxylic acids is 1. The van der Waals surface area contributed by atoms with E-state index in [4.69, 9.17) is 35.5 Å². The number of fused-ring (bicyclic) bond motifs is 4. The van der Waals surface area contributed by atoms with Gasteiger partial charge in [0.15, 0.2) is 0 Å². The lowest BCUT2D eigenvalue weighted by atomic mass is 10.1. The molecular weight excluding hydrogens is 542 g/mol. The molecule has 3 aromatic heterocycles. The summed E-state index contributed by atoms with van der Waals surface area (Å²) in [5, 5.41) is 3.91. The monoisotopic (exact) mass is 563 g/mol. The molecule has 2 aromatic carbocycles. The van der Waals surface area contributed by atoms with Gasteiger partial charge in [0, 0.05) is 29.7 Å². The van der Waals surface area contributed by atoms with Crippen LogP contribution in [0.3, 0.4) is 0 Å². The summed E-state index contributed by atoms with van der Waals surface area (Å²) in [7, 11) is 3.09. The van der Waals surface area contributed by atoms with Crippen molar-refractivity contribution in [3.63, 3.8) is 0 Å². The van der Waals surface area contributed by atoms with Gasteiger partial charge < -0.3 is 18.9 Å². The number of ether oxygens (including phenoxy) is 4. The molecule has 1 aliphatic heterocycles. The first-order valence-corrected chi connectivity index (χ1v) is 13.2. The summed E-state index contributed by atoms with van der Waals surface area (Å²) in [6.07, 6.45) is 2.67. The van der Waals surface area contributed by atoms with Crippen LogP contribution < -0.4 is 19.5 Å². The maximum atomic E-state index is 12.3. The number of hydrogen-bond donors (Lipinski definition) is 1. The lowest BCUT2D eigenvalue weighted by Crippen LogP contribution is -2.25. The highest BCUT2D eigenvalue weighted by Crippen LogP contribution is 2.44. The molecule has 5 aromatic rings. The van der Waals surface area contributed by atoms with Crippen LogP contribution in [-0.2, 0) is 11.2 Å². The van der Waals surface area contributed by atoms with E-state index >= 15 is 0 Å². The van der Waals surface area contributed by atoms with E-state index in [0.29, 0.717) is 40.2 Å². The Morgan fingerprint density at radius 2 is 1.95 bits per heavy atom. The third-order valence-corrected chi connectivity index (χ3v) is 7.65. The molecule has 39 heavy (non-hydrogen) atoms. The number of anilines is 1. The molecule has 0 spiro atoms. The number of aromatic nitrogens is 4. The van der Waals surface area contributed by atoms with Crippen LogP contribution in [0.5, 0.6) is 17.5 Å². The van der Waals surface area contributed by atoms with Crippen molar-refractivity contribution in [2.24, 2.45) is 0 Å². The summed E-state index contributed by atoms with van der Waals surface area (Å²) in [4.78, 5) is 30.4. The first-order valence-electron chi connectivity index (χ1n) is 12.0. The summed E-state index contributed by atoms with van der Waals surface area (Å²) >= 11 is 8.15. The lowest BCUT2D eigenvalue weighted by Gasteiger charge is -2.12. The Bertz CT molecular complexity index is 1730. The maximum absolute atomic E-state index is 12.3. The highest BCUT2D eigenvalue weighted by Gasteiger charge is 2.29. The Kier molecular flexibility index (Phi) is 6.53. The molecule has 0 radical (unpaired) electrons. The van der Waals surface area contributed by atoms with Crippen molar-refractivity contribution in [2.45, 2.75) is 19.4 Å². The van der Waals surface area contributed by atoms with Crippen molar-refractivity contribution in [3.8, 4) is 28.1 Å². The van der Waals surface area contributed by atoms with Gasteiger partial charge in [-0.1, -0.05) is 11.6 Å². The summed E-state index contributed by atoms with van der Waals surface area (Å²) in [6.45, 7) is 2.07. The number of carbonyl (C=O) groups is 1. The van der Waals surface area contributed by atoms with Gasteiger partial charge in [-0.05, 0) is 30.7 Å². The van der Waals surface area contributed by atoms with Gasteiger partial charge in [0.2, 0.25) is 11.8 Å². The number of methoxy groups -OCH3 is 2. The van der Waals surface area contributed by atoms with Crippen molar-refractivity contribution in [2.75, 3.05) is 26.1 Å². The second-order valence-corrected chi connectivity index (χ2v) is 10.3. The molecule has 0 saturated carbocycles. The third-order valence-electron chi connectivity index (χ3n) is 6.21. The molecule has 1 unspecified atom stereocenters. The number of aryl methyl sites for hydroxylation is 1. The van der Waals surface area contributed by atoms with Crippen LogP contribution in [0.25, 0.3) is 31.8 Å². The molecule has 6 rings (SSSR count). The van der Waals surface area contributed by atoms with Crippen molar-refractivity contribution in [3.05, 3.63) is 58.9 Å². The minimum Gasteiger partial charge on any atom is -0.486 e. The molecule has 10 nitrogen and oxygen atoms in total. The average molecular weight is 564 g/mol. The lowest BCUT2D eigenvalue weighted by molar-refractivity contribution is 0.102. The van der Waals surface area contributed by atoms with Crippen molar-refractivity contribution < 1.29 is 23.7 Å². The van der Waals surface area contributed by atoms with Crippen molar-refractivity contribution in [1.29, 1.82) is 0 Å². The third kappa shape index (κ3) is 4.86. The van der Waals surface area contributed by atoms with E-state index in [9.17, 15) is 4.79 Å². The van der Waals surface area contributed by atoms with Gasteiger partial charge in [0.25, 0.3) is 0 Å². The first-order chi connectivity index (χ1) is 18.9. The zero-order valence-corrected chi connectivity index (χ0v) is 22.7. The van der Waals surface area contributed by atoms with Gasteiger partial charge in [-0.25, -0.2) is 24.7 Å². The zero-order valence-electron chi connectivity index (χ0n) is 21.1. The summed E-state index contributed by atoms with van der Waals surface area (Å²) in [5.74, 6) is 1.56. The number of nitrogens with zero attached hydrogens (tertiary/aromatic N) is 4. The smallest absolute Gasteiger partial charge is 0.411 e. The van der Waals surface area contributed by atoms with E-state index < -0.39 is 6.09 Å². The topological polar surface area (TPSA) is 118 Å². The van der Waals surface area contributed by atoms with Crippen LogP contribution in [0, 0.1) is 6.92 Å². The van der Waals surface area contributed by atoms with E-state index in [2.05, 4.69) is 20.3 Å². The molecule has 0 bridgehead atoms. The molecule has 1 amide bonds. The number of nitrogens with one attached hydrogen (secondary N) is 1. The number of amides is 1. The molecule has 0 aliphatic carbocycles. The molecule has 4 heterocycles. The van der Waals surface area contributed by atoms with Crippen LogP contribution in [-0.4, -0.2) is 53.0 Å². The summed E-state index contributed by atoms with van der Waals surface area (Å²) in [6, 6.07) is 9.10. The maximum Gasteiger partial charge on any atom is 0.411 e. The fourth-order valence-electron chi connectivity index (χ4n) is 4.43. The molecule has 1 atom stereocenters. The molecule has 1 N–H and O–H groups in total. The highest BCUT2D eigenvalue weighted by atomic mass is 35.5. The predicted molar refractivity (Wildman–Crippen MR) is 148 cm³/mol. The van der Waals surface area contributed by atoms with E-state index in [1.165, 1.54) is 24.6 Å². The van der Waals surface area contributed by atoms with E-state index in [1.807, 2.05) is 19.1 Å². The number of rotatable bonds is 6. The minimum absolute atomic E-state index is 0.0643. The Labute approximate surface area is 231 Å². The fraction of sp³-hybridized carbons (Fsp3) is 0.222. The molecule has 198 valence electrons. The van der Waals surface area contributed by atoms with Gasteiger partial charge in [-0.3, -0.25) is 5.32 Å². The molecule has 0 saturated heterocycles. The van der Waals surface area contributed by atoms with E-state index in [0.717, 1.165) is 37.4 Å². The van der Waals surface area contributed by atoms with Gasteiger partial charge in [-0.15, -0.1) is 11.3 Å². The van der Waals surface area contributed by atoms with Crippen LogP contribution >= 0.6 is 22.9 Å². The number of benzene rings is 2. The summed E-state index contributed by atoms with van der Waals surface area (Å²) in [5.41, 5.74) is 5.53. The average Bonchev–Trinajstić information content (AvgIpc) is 3.56. The van der Waals surface area contributed by atoms with Crippen LogP contribution in [0.4, 0.5) is 10.5 Å². The SMILES string of the molecule is COc1ccc(NC(=O)OCC2Cc3c(cc(Cl)c4nc(-c5cc(C)cc6nc(OC)cnc56)sc34)O2)cn1. The van der Waals surface area contributed by atoms with Gasteiger partial charge in [0.1, 0.15) is 29.0 Å². The number of thiazole rings is 1. The molecule has 12 heteroatoms. The van der Waals surface area contributed by atoms with E-state index in [-0.39, 0.29) is 12.7 Å². The van der Waals surface area contributed by atoms with Crippen LogP contribution in [0.1, 0.15) is 11.1 Å². The van der Waals surface area contributed by atoms with Gasteiger partial charge in [-0.2, -0.15) is 0 Å². The largest absolute Gasteiger partial charge is 0.486 e. The number of pyridine rings is 1. The predicted octanol–water partition coefficient (Wildman–Crippen LogP) is 5.83. The van der Waals surface area contributed by atoms with Crippen LogP contribution in [0.15, 0.2) is 42.7 Å². The van der Waals surface area contributed by atoms with Gasteiger partial charge in [0.05, 0.1) is 53.1 Å². The van der Waals surface area contributed by atoms with Gasteiger partial charge >= 0.3 is 6.09 Å². The Morgan fingerprint density at radius 3 is 2.72 bits per heavy atom. The standard InChI is InChI=1S/C27H22ClN5O5S/c1-13-6-17(23-19(7-13)32-22(36-3)11-30-23)26-33-24-18(28)9-20-16(25(24)39-26)8-15(38-20)12-37-27(34)31-14-4-5-21(35-2)29-10-14/h4-7,9-11,15H,8,12H2,1-3H3,(H,31,34). The second kappa shape index (κ2) is 10.2. The summed E-state index contributed by atoms with van der Waals surface area (Å²) < 4.78 is 22.7. The highest BCUT2D eigenvalue weighted by molar-refractivity contribution is 7.22. The van der Waals surface area contributed by atoms with Crippen LogP contribution in [0.2, 0.25) is 5.02 Å². The second-order valence-electron chi connectivity index (χ2n) is 8.88. The first kappa shape index (κ1) is 25.1. The normalized spacial score (nSPS) is 14.2. The Hall–Kier alpha value is -4.22. The fourth-order valence-corrected chi connectivity index (χ4v) is 5.88. The minimum atomic E-state index is -0.603. The molecule has 1 aliphatic rings.